The zero-order valence-corrected chi connectivity index (χ0v) is 36.3. The second kappa shape index (κ2) is 15.0. The van der Waals surface area contributed by atoms with Crippen molar-refractivity contribution in [2.24, 2.45) is 42.1 Å². The summed E-state index contributed by atoms with van der Waals surface area (Å²) in [6.45, 7) is 3.83. The zero-order valence-electron chi connectivity index (χ0n) is 34.7. The van der Waals surface area contributed by atoms with Crippen LogP contribution in [0.25, 0.3) is 26.7 Å². The minimum absolute atomic E-state index is 0.0239. The van der Waals surface area contributed by atoms with E-state index in [0.717, 1.165) is 26.1 Å². The van der Waals surface area contributed by atoms with Crippen LogP contribution >= 0.6 is 22.9 Å². The van der Waals surface area contributed by atoms with Crippen molar-refractivity contribution in [1.82, 2.24) is 9.78 Å². The number of fused-ring (bicyclic) bond motifs is 5. The Balaban J connectivity index is 1.02. The summed E-state index contributed by atoms with van der Waals surface area (Å²) >= 11 is 7.90. The van der Waals surface area contributed by atoms with Crippen molar-refractivity contribution in [3.05, 3.63) is 142 Å². The number of halogens is 1. The van der Waals surface area contributed by atoms with E-state index < -0.39 is 40.9 Å². The van der Waals surface area contributed by atoms with Crippen LogP contribution in [0.3, 0.4) is 0 Å². The fourth-order valence-electron chi connectivity index (χ4n) is 10.4. The number of nitrogens with zero attached hydrogens (tertiary/aromatic N) is 4. The van der Waals surface area contributed by atoms with Gasteiger partial charge in [0.05, 0.1) is 40.8 Å². The molecule has 1 N–H and O–H groups in total. The van der Waals surface area contributed by atoms with E-state index >= 15 is 9.59 Å². The maximum Gasteiger partial charge on any atom is 0.242 e. The number of hydrogen-bond acceptors (Lipinski definition) is 9. The number of ether oxygens (including phenoxy) is 1. The molecule has 3 fully saturated rings. The number of aryl methyl sites for hydroxylation is 2. The van der Waals surface area contributed by atoms with Gasteiger partial charge in [0, 0.05) is 39.9 Å². The van der Waals surface area contributed by atoms with E-state index in [9.17, 15) is 19.5 Å². The van der Waals surface area contributed by atoms with Gasteiger partial charge in [-0.25, -0.2) is 4.90 Å². The number of aromatic hydroxyl groups is 1. The number of amides is 4. The Labute approximate surface area is 371 Å². The number of methoxy groups -OCH3 is 1. The number of allylic oxidation sites excluding steroid dienone is 3. The van der Waals surface area contributed by atoms with Gasteiger partial charge in [-0.05, 0) is 104 Å². The maximum absolute atomic E-state index is 15.2. The molecule has 13 heteroatoms. The molecule has 4 amide bonds. The number of hydrogen-bond donors (Lipinski definition) is 1. The van der Waals surface area contributed by atoms with Gasteiger partial charge in [0.25, 0.3) is 0 Å². The predicted molar refractivity (Wildman–Crippen MR) is 242 cm³/mol. The Bertz CT molecular complexity index is 3010. The SMILES string of the molecule is COc1cc(C=C[C@H]2C3=CC[C@@H]4C(=O)N(c5ccc(C(=O)c6ccccc6)cc5)C(=O)[C@@H]4[C@@H]3C[C@H]3C(=O)N(c4cc(-c5sc6ccc(Cl)cc6c5C)nn4C)C(=O)[C@@]23C)ccc1O. The average molecular weight is 877 g/mol. The van der Waals surface area contributed by atoms with Gasteiger partial charge in [-0.2, -0.15) is 5.10 Å². The molecule has 0 spiro atoms. The van der Waals surface area contributed by atoms with Crippen molar-refractivity contribution < 1.29 is 33.8 Å². The molecule has 63 heavy (non-hydrogen) atoms. The molecule has 2 aliphatic heterocycles. The third-order valence-corrected chi connectivity index (χ3v) is 15.2. The third-order valence-electron chi connectivity index (χ3n) is 13.7. The quantitative estimate of drug-likeness (QED) is 0.0908. The summed E-state index contributed by atoms with van der Waals surface area (Å²) in [6.07, 6.45) is 6.20. The largest absolute Gasteiger partial charge is 0.504 e. The Hall–Kier alpha value is -6.63. The number of rotatable bonds is 8. The number of imide groups is 2. The first-order chi connectivity index (χ1) is 30.3. The molecular formula is C50H41ClN4O7S. The summed E-state index contributed by atoms with van der Waals surface area (Å²) in [6, 6.07) is 27.8. The lowest BCUT2D eigenvalue weighted by molar-refractivity contribution is -0.132. The van der Waals surface area contributed by atoms with E-state index in [2.05, 4.69) is 0 Å². The number of thiophene rings is 1. The first kappa shape index (κ1) is 40.4. The van der Waals surface area contributed by atoms with Crippen molar-refractivity contribution >= 4 is 80.0 Å². The zero-order chi connectivity index (χ0) is 44.1. The van der Waals surface area contributed by atoms with Gasteiger partial charge in [-0.1, -0.05) is 71.8 Å². The number of phenols is 1. The number of phenolic OH excluding ortho intramolecular Hbond substituents is 1. The van der Waals surface area contributed by atoms with Gasteiger partial charge in [-0.15, -0.1) is 11.3 Å². The third kappa shape index (κ3) is 6.21. The summed E-state index contributed by atoms with van der Waals surface area (Å²) in [5.41, 5.74) is 3.18. The summed E-state index contributed by atoms with van der Waals surface area (Å²) in [5.74, 6) is -4.55. The fourth-order valence-corrected chi connectivity index (χ4v) is 11.7. The molecule has 4 aliphatic rings. The summed E-state index contributed by atoms with van der Waals surface area (Å²) in [5, 5.41) is 16.8. The number of carbonyl (C=O) groups excluding carboxylic acids is 5. The average Bonchev–Trinajstić information content (AvgIpc) is 3.96. The Morgan fingerprint density at radius 3 is 2.40 bits per heavy atom. The highest BCUT2D eigenvalue weighted by atomic mass is 35.5. The maximum atomic E-state index is 15.2. The van der Waals surface area contributed by atoms with Crippen LogP contribution in [0.1, 0.15) is 46.8 Å². The van der Waals surface area contributed by atoms with Crippen LogP contribution in [0.5, 0.6) is 11.5 Å². The van der Waals surface area contributed by atoms with Gasteiger partial charge < -0.3 is 9.84 Å². The summed E-state index contributed by atoms with van der Waals surface area (Å²) in [4.78, 5) is 75.7. The van der Waals surface area contributed by atoms with Crippen LogP contribution in [-0.2, 0) is 26.2 Å². The van der Waals surface area contributed by atoms with Crippen molar-refractivity contribution in [3.63, 3.8) is 0 Å². The minimum atomic E-state index is -1.27. The second-order valence-corrected chi connectivity index (χ2v) is 18.4. The standard InChI is InChI=1S/C50H41ClN4O7S/c1-26-34-23-30(51)14-21-41(34)63-45(26)38-25-42(53(3)52-38)55-47(59)37-24-35-32(36(50(37,2)49(55)61)19-10-27-11-20-39(56)40(22-27)62-4)17-18-33-43(35)48(60)54(46(33)58)31-15-12-29(13-16-31)44(57)28-8-6-5-7-9-28/h5-17,19-23,25,33,35-37,43,56H,18,24H2,1-4H3/t33-,35+,36-,37-,43-,50-/m0/s1. The molecule has 4 heterocycles. The lowest BCUT2D eigenvalue weighted by Crippen LogP contribution is -2.49. The van der Waals surface area contributed by atoms with Crippen LogP contribution in [0, 0.1) is 41.9 Å². The highest BCUT2D eigenvalue weighted by Crippen LogP contribution is 2.61. The molecular weight excluding hydrogens is 836 g/mol. The van der Waals surface area contributed by atoms with Crippen LogP contribution in [0.4, 0.5) is 11.5 Å². The van der Waals surface area contributed by atoms with E-state index in [-0.39, 0.29) is 47.8 Å². The van der Waals surface area contributed by atoms with Crippen molar-refractivity contribution in [2.45, 2.75) is 26.7 Å². The first-order valence-corrected chi connectivity index (χ1v) is 21.9. The number of aromatic nitrogens is 2. The summed E-state index contributed by atoms with van der Waals surface area (Å²) < 4.78 is 7.97. The van der Waals surface area contributed by atoms with E-state index in [0.29, 0.717) is 38.9 Å². The number of ketones is 1. The number of benzene rings is 4. The molecule has 4 aromatic carbocycles. The molecule has 0 radical (unpaired) electrons. The highest BCUT2D eigenvalue weighted by Gasteiger charge is 2.67. The lowest BCUT2D eigenvalue weighted by Gasteiger charge is -2.47. The molecule has 10 rings (SSSR count). The van der Waals surface area contributed by atoms with E-state index in [1.54, 1.807) is 89.8 Å². The van der Waals surface area contributed by atoms with Crippen LogP contribution in [-0.4, -0.2) is 51.4 Å². The fraction of sp³-hybridized carbons (Fsp3) is 0.240. The topological polar surface area (TPSA) is 139 Å². The summed E-state index contributed by atoms with van der Waals surface area (Å²) in [7, 11) is 3.18. The van der Waals surface area contributed by atoms with Gasteiger partial charge >= 0.3 is 0 Å². The highest BCUT2D eigenvalue weighted by molar-refractivity contribution is 7.22. The Morgan fingerprint density at radius 2 is 1.65 bits per heavy atom. The second-order valence-electron chi connectivity index (χ2n) is 17.0. The molecule has 6 atom stereocenters. The smallest absolute Gasteiger partial charge is 0.242 e. The van der Waals surface area contributed by atoms with Crippen LogP contribution < -0.4 is 14.5 Å². The molecule has 2 aromatic heterocycles. The minimum Gasteiger partial charge on any atom is -0.504 e. The molecule has 2 aliphatic carbocycles. The molecule has 0 unspecified atom stereocenters. The Kier molecular flexibility index (Phi) is 9.65. The number of anilines is 2. The molecule has 2 saturated heterocycles. The first-order valence-electron chi connectivity index (χ1n) is 20.7. The van der Waals surface area contributed by atoms with Gasteiger partial charge in [0.1, 0.15) is 11.5 Å². The van der Waals surface area contributed by atoms with Crippen molar-refractivity contribution in [2.75, 3.05) is 16.9 Å². The molecule has 0 bridgehead atoms. The van der Waals surface area contributed by atoms with Gasteiger partial charge in [-0.3, -0.25) is 33.6 Å². The normalized spacial score (nSPS) is 24.3. The van der Waals surface area contributed by atoms with Crippen molar-refractivity contribution in [1.29, 1.82) is 0 Å². The van der Waals surface area contributed by atoms with E-state index in [1.807, 2.05) is 56.3 Å². The molecule has 11 nitrogen and oxygen atoms in total. The van der Waals surface area contributed by atoms with Gasteiger partial charge in [0.2, 0.25) is 23.6 Å². The van der Waals surface area contributed by atoms with Crippen LogP contribution in [0.15, 0.2) is 115 Å². The molecule has 316 valence electrons. The predicted octanol–water partition coefficient (Wildman–Crippen LogP) is 9.19. The monoisotopic (exact) mass is 876 g/mol. The van der Waals surface area contributed by atoms with E-state index in [1.165, 1.54) is 23.0 Å². The Morgan fingerprint density at radius 1 is 0.905 bits per heavy atom. The molecule has 6 aromatic rings. The lowest BCUT2D eigenvalue weighted by atomic mass is 9.52. The number of carbonyl (C=O) groups is 5. The van der Waals surface area contributed by atoms with Gasteiger partial charge in [0.15, 0.2) is 17.3 Å². The van der Waals surface area contributed by atoms with E-state index in [4.69, 9.17) is 21.4 Å². The van der Waals surface area contributed by atoms with Crippen LogP contribution in [0.2, 0.25) is 5.02 Å². The van der Waals surface area contributed by atoms with Crippen molar-refractivity contribution in [3.8, 4) is 22.1 Å². The molecule has 1 saturated carbocycles.